The van der Waals surface area contributed by atoms with Crippen LogP contribution in [0.5, 0.6) is 0 Å². The number of H-pyrrole nitrogens is 1. The van der Waals surface area contributed by atoms with Crippen molar-refractivity contribution in [3.63, 3.8) is 0 Å². The van der Waals surface area contributed by atoms with Crippen LogP contribution in [0.4, 0.5) is 0 Å². The summed E-state index contributed by atoms with van der Waals surface area (Å²) in [7, 11) is 0. The van der Waals surface area contributed by atoms with Crippen molar-refractivity contribution in [3.05, 3.63) is 23.0 Å². The van der Waals surface area contributed by atoms with Gasteiger partial charge in [0.1, 0.15) is 0 Å². The van der Waals surface area contributed by atoms with Crippen LogP contribution in [0.1, 0.15) is 94.5 Å². The molecule has 0 amide bonds. The second kappa shape index (κ2) is 6.37. The van der Waals surface area contributed by atoms with Crippen LogP contribution in [0.15, 0.2) is 6.07 Å². The zero-order valence-electron chi connectivity index (χ0n) is 13.3. The first kappa shape index (κ1) is 14.2. The number of fused-ring (bicyclic) bond motifs is 1. The molecular formula is C19H31N. The molecule has 1 aromatic heterocycles. The Balaban J connectivity index is 1.78. The van der Waals surface area contributed by atoms with Gasteiger partial charge in [-0.2, -0.15) is 0 Å². The van der Waals surface area contributed by atoms with Crippen LogP contribution >= 0.6 is 0 Å². The van der Waals surface area contributed by atoms with Crippen LogP contribution in [0.3, 0.4) is 0 Å². The summed E-state index contributed by atoms with van der Waals surface area (Å²) in [6.45, 7) is 2.52. The van der Waals surface area contributed by atoms with Crippen molar-refractivity contribution in [1.82, 2.24) is 4.98 Å². The van der Waals surface area contributed by atoms with Crippen LogP contribution in [0.25, 0.3) is 0 Å². The SMILES string of the molecule is CC1(c2cc3c([nH]2)CCCC3)CCCCCCCCC1. The predicted octanol–water partition coefficient (Wildman–Crippen LogP) is 5.68. The maximum absolute atomic E-state index is 3.83. The van der Waals surface area contributed by atoms with Gasteiger partial charge in [0.25, 0.3) is 0 Å². The lowest BCUT2D eigenvalue weighted by Gasteiger charge is -2.30. The molecule has 20 heavy (non-hydrogen) atoms. The molecule has 112 valence electrons. The fourth-order valence-corrected chi connectivity index (χ4v) is 4.24. The molecule has 0 saturated heterocycles. The summed E-state index contributed by atoms with van der Waals surface area (Å²) in [5.41, 5.74) is 5.16. The summed E-state index contributed by atoms with van der Waals surface area (Å²) >= 11 is 0. The summed E-state index contributed by atoms with van der Waals surface area (Å²) in [6, 6.07) is 2.53. The largest absolute Gasteiger partial charge is 0.362 e. The Bertz CT molecular complexity index is 395. The second-order valence-electron chi connectivity index (χ2n) is 7.43. The number of aromatic amines is 1. The number of nitrogens with one attached hydrogen (secondary N) is 1. The molecule has 0 atom stereocenters. The number of hydrogen-bond acceptors (Lipinski definition) is 0. The average Bonchev–Trinajstić information content (AvgIpc) is 2.91. The number of aryl methyl sites for hydroxylation is 2. The van der Waals surface area contributed by atoms with E-state index >= 15 is 0 Å². The zero-order chi connectivity index (χ0) is 13.8. The van der Waals surface area contributed by atoms with E-state index in [9.17, 15) is 0 Å². The van der Waals surface area contributed by atoms with Crippen molar-refractivity contribution in [2.24, 2.45) is 0 Å². The molecule has 0 spiro atoms. The Morgan fingerprint density at radius 1 is 0.800 bits per heavy atom. The number of rotatable bonds is 1. The van der Waals surface area contributed by atoms with Crippen LogP contribution in [0.2, 0.25) is 0 Å². The highest BCUT2D eigenvalue weighted by Gasteiger charge is 2.29. The minimum Gasteiger partial charge on any atom is -0.362 e. The fraction of sp³-hybridized carbons (Fsp3) is 0.789. The Labute approximate surface area is 124 Å². The average molecular weight is 273 g/mol. The van der Waals surface area contributed by atoms with E-state index in [2.05, 4.69) is 18.0 Å². The first-order chi connectivity index (χ1) is 9.78. The maximum atomic E-state index is 3.83. The van der Waals surface area contributed by atoms with Crippen molar-refractivity contribution in [1.29, 1.82) is 0 Å². The molecule has 1 saturated carbocycles. The van der Waals surface area contributed by atoms with Gasteiger partial charge in [-0.1, -0.05) is 51.9 Å². The first-order valence-electron chi connectivity index (χ1n) is 8.99. The van der Waals surface area contributed by atoms with E-state index in [1.54, 1.807) is 17.0 Å². The summed E-state index contributed by atoms with van der Waals surface area (Å²) in [6.07, 6.45) is 18.2. The summed E-state index contributed by atoms with van der Waals surface area (Å²) in [5, 5.41) is 0. The zero-order valence-corrected chi connectivity index (χ0v) is 13.3. The summed E-state index contributed by atoms with van der Waals surface area (Å²) in [5.74, 6) is 0. The van der Waals surface area contributed by atoms with Crippen molar-refractivity contribution < 1.29 is 0 Å². The highest BCUT2D eigenvalue weighted by Crippen LogP contribution is 2.37. The van der Waals surface area contributed by atoms with Crippen molar-refractivity contribution in [2.45, 2.75) is 95.8 Å². The van der Waals surface area contributed by atoms with E-state index in [1.165, 1.54) is 83.5 Å². The molecule has 0 aromatic carbocycles. The highest BCUT2D eigenvalue weighted by molar-refractivity contribution is 5.32. The second-order valence-corrected chi connectivity index (χ2v) is 7.43. The monoisotopic (exact) mass is 273 g/mol. The van der Waals surface area contributed by atoms with Crippen LogP contribution in [-0.2, 0) is 18.3 Å². The normalized spacial score (nSPS) is 24.1. The third kappa shape index (κ3) is 3.13. The molecule has 1 fully saturated rings. The van der Waals surface area contributed by atoms with Gasteiger partial charge in [-0.3, -0.25) is 0 Å². The molecule has 0 unspecified atom stereocenters. The van der Waals surface area contributed by atoms with Crippen LogP contribution in [-0.4, -0.2) is 4.98 Å². The fourth-order valence-electron chi connectivity index (χ4n) is 4.24. The number of hydrogen-bond donors (Lipinski definition) is 1. The molecule has 1 heterocycles. The van der Waals surface area contributed by atoms with Crippen LogP contribution < -0.4 is 0 Å². The van der Waals surface area contributed by atoms with E-state index in [0.29, 0.717) is 5.41 Å². The van der Waals surface area contributed by atoms with Gasteiger partial charge in [0, 0.05) is 16.8 Å². The van der Waals surface area contributed by atoms with Gasteiger partial charge in [-0.05, 0) is 50.2 Å². The maximum Gasteiger partial charge on any atom is 0.0212 e. The molecule has 0 radical (unpaired) electrons. The van der Waals surface area contributed by atoms with Gasteiger partial charge in [-0.25, -0.2) is 0 Å². The van der Waals surface area contributed by atoms with Crippen molar-refractivity contribution in [2.75, 3.05) is 0 Å². The van der Waals surface area contributed by atoms with E-state index in [0.717, 1.165) is 0 Å². The third-order valence-corrected chi connectivity index (χ3v) is 5.72. The Morgan fingerprint density at radius 2 is 1.40 bits per heavy atom. The third-order valence-electron chi connectivity index (χ3n) is 5.72. The van der Waals surface area contributed by atoms with Gasteiger partial charge < -0.3 is 4.98 Å². The lowest BCUT2D eigenvalue weighted by atomic mass is 9.76. The van der Waals surface area contributed by atoms with E-state index in [4.69, 9.17) is 0 Å². The Morgan fingerprint density at radius 3 is 2.05 bits per heavy atom. The van der Waals surface area contributed by atoms with Crippen molar-refractivity contribution >= 4 is 0 Å². The highest BCUT2D eigenvalue weighted by atomic mass is 14.8. The van der Waals surface area contributed by atoms with Gasteiger partial charge in [0.15, 0.2) is 0 Å². The first-order valence-corrected chi connectivity index (χ1v) is 8.99. The molecule has 2 aliphatic rings. The smallest absolute Gasteiger partial charge is 0.0212 e. The topological polar surface area (TPSA) is 15.8 Å². The Kier molecular flexibility index (Phi) is 4.53. The standard InChI is InChI=1S/C19H31N/c1-19(13-9-5-3-2-4-6-10-14-19)18-15-16-11-7-8-12-17(16)20-18/h15,20H,2-14H2,1H3. The number of aromatic nitrogens is 1. The summed E-state index contributed by atoms with van der Waals surface area (Å²) < 4.78 is 0. The molecule has 1 N–H and O–H groups in total. The van der Waals surface area contributed by atoms with E-state index in [1.807, 2.05) is 0 Å². The van der Waals surface area contributed by atoms with Gasteiger partial charge in [0.2, 0.25) is 0 Å². The quantitative estimate of drug-likeness (QED) is 0.678. The minimum absolute atomic E-state index is 0.411. The molecule has 3 rings (SSSR count). The van der Waals surface area contributed by atoms with E-state index < -0.39 is 0 Å². The molecule has 1 nitrogen and oxygen atoms in total. The lowest BCUT2D eigenvalue weighted by molar-refractivity contribution is 0.344. The molecule has 0 bridgehead atoms. The van der Waals surface area contributed by atoms with Crippen LogP contribution in [0, 0.1) is 0 Å². The lowest BCUT2D eigenvalue weighted by Crippen LogP contribution is -2.23. The van der Waals surface area contributed by atoms with Gasteiger partial charge >= 0.3 is 0 Å². The minimum atomic E-state index is 0.411. The van der Waals surface area contributed by atoms with Crippen molar-refractivity contribution in [3.8, 4) is 0 Å². The molecule has 1 aromatic rings. The van der Waals surface area contributed by atoms with Gasteiger partial charge in [-0.15, -0.1) is 0 Å². The predicted molar refractivity (Wildman–Crippen MR) is 86.3 cm³/mol. The molecular weight excluding hydrogens is 242 g/mol. The molecule has 0 aliphatic heterocycles. The van der Waals surface area contributed by atoms with E-state index in [-0.39, 0.29) is 0 Å². The Hall–Kier alpha value is -0.720. The molecule has 2 aliphatic carbocycles. The molecule has 1 heteroatoms. The van der Waals surface area contributed by atoms with Gasteiger partial charge in [0.05, 0.1) is 0 Å². The summed E-state index contributed by atoms with van der Waals surface area (Å²) in [4.78, 5) is 3.83.